The first kappa shape index (κ1) is 16.7. The Balaban J connectivity index is 1.39. The molecule has 0 fully saturated rings. The molecular weight excluding hydrogens is 336 g/mol. The summed E-state index contributed by atoms with van der Waals surface area (Å²) in [6.07, 6.45) is 1.82. The summed E-state index contributed by atoms with van der Waals surface area (Å²) >= 11 is 0. The normalized spacial score (nSPS) is 10.5. The van der Waals surface area contributed by atoms with E-state index < -0.39 is 0 Å². The lowest BCUT2D eigenvalue weighted by molar-refractivity contribution is 0.306. The number of H-pyrrole nitrogens is 1. The number of nitrogens with zero attached hydrogens (tertiary/aromatic N) is 2. The van der Waals surface area contributed by atoms with Gasteiger partial charge in [-0.15, -0.1) is 0 Å². The number of nitriles is 1. The number of anilines is 1. The summed E-state index contributed by atoms with van der Waals surface area (Å²) in [5.41, 5.74) is 4.82. The van der Waals surface area contributed by atoms with E-state index in [1.807, 2.05) is 54.7 Å². The molecule has 0 atom stereocenters. The standard InChI is InChI=1S/C22H18N4O/c23-12-16-3-1-5-18(9-16)15-27-21-6-2-4-17(10-21)13-24-20-7-8-22-19(11-20)14-25-26-22/h1-11,14,24H,13,15H2,(H,25,26). The molecule has 0 bridgehead atoms. The highest BCUT2D eigenvalue weighted by Crippen LogP contribution is 2.19. The highest BCUT2D eigenvalue weighted by atomic mass is 16.5. The summed E-state index contributed by atoms with van der Waals surface area (Å²) in [7, 11) is 0. The van der Waals surface area contributed by atoms with Gasteiger partial charge in [-0.2, -0.15) is 10.4 Å². The van der Waals surface area contributed by atoms with Gasteiger partial charge in [-0.25, -0.2) is 0 Å². The Kier molecular flexibility index (Phi) is 4.71. The van der Waals surface area contributed by atoms with Gasteiger partial charge in [0.1, 0.15) is 12.4 Å². The van der Waals surface area contributed by atoms with Crippen LogP contribution < -0.4 is 10.1 Å². The number of hydrogen-bond acceptors (Lipinski definition) is 4. The maximum Gasteiger partial charge on any atom is 0.120 e. The zero-order chi connectivity index (χ0) is 18.5. The number of aromatic amines is 1. The number of ether oxygens (including phenoxy) is 1. The average Bonchev–Trinajstić information content (AvgIpc) is 3.19. The van der Waals surface area contributed by atoms with Gasteiger partial charge >= 0.3 is 0 Å². The Morgan fingerprint density at radius 3 is 2.81 bits per heavy atom. The van der Waals surface area contributed by atoms with Gasteiger partial charge in [-0.3, -0.25) is 5.10 Å². The maximum absolute atomic E-state index is 8.98. The minimum atomic E-state index is 0.434. The molecular formula is C22H18N4O. The van der Waals surface area contributed by atoms with Crippen LogP contribution in [-0.2, 0) is 13.2 Å². The van der Waals surface area contributed by atoms with E-state index in [1.54, 1.807) is 6.07 Å². The predicted molar refractivity (Wildman–Crippen MR) is 105 cm³/mol. The second kappa shape index (κ2) is 7.63. The molecule has 3 aromatic carbocycles. The summed E-state index contributed by atoms with van der Waals surface area (Å²) in [5, 5.41) is 20.5. The molecule has 4 rings (SSSR count). The Bertz CT molecular complexity index is 1110. The first-order valence-corrected chi connectivity index (χ1v) is 8.68. The fourth-order valence-corrected chi connectivity index (χ4v) is 2.90. The van der Waals surface area contributed by atoms with Gasteiger partial charge in [-0.1, -0.05) is 24.3 Å². The summed E-state index contributed by atoms with van der Waals surface area (Å²) in [6.45, 7) is 1.13. The monoisotopic (exact) mass is 354 g/mol. The average molecular weight is 354 g/mol. The quantitative estimate of drug-likeness (QED) is 0.530. The lowest BCUT2D eigenvalue weighted by atomic mass is 10.1. The van der Waals surface area contributed by atoms with Gasteiger partial charge in [0.2, 0.25) is 0 Å². The molecule has 0 aliphatic heterocycles. The molecule has 4 aromatic rings. The Morgan fingerprint density at radius 1 is 1.00 bits per heavy atom. The van der Waals surface area contributed by atoms with Crippen LogP contribution >= 0.6 is 0 Å². The lowest BCUT2D eigenvalue weighted by Crippen LogP contribution is -2.00. The van der Waals surface area contributed by atoms with Gasteiger partial charge in [-0.05, 0) is 53.6 Å². The molecule has 0 radical (unpaired) electrons. The van der Waals surface area contributed by atoms with Gasteiger partial charge < -0.3 is 10.1 Å². The molecule has 2 N–H and O–H groups in total. The van der Waals surface area contributed by atoms with Gasteiger partial charge in [0.25, 0.3) is 0 Å². The minimum Gasteiger partial charge on any atom is -0.489 e. The number of benzene rings is 3. The number of nitrogens with one attached hydrogen (secondary N) is 2. The lowest BCUT2D eigenvalue weighted by Gasteiger charge is -2.10. The van der Waals surface area contributed by atoms with Crippen LogP contribution in [0.2, 0.25) is 0 Å². The maximum atomic E-state index is 8.98. The molecule has 0 aliphatic carbocycles. The number of aromatic nitrogens is 2. The van der Waals surface area contributed by atoms with Crippen molar-refractivity contribution >= 4 is 16.6 Å². The van der Waals surface area contributed by atoms with Crippen molar-refractivity contribution in [1.82, 2.24) is 10.2 Å². The molecule has 0 amide bonds. The third-order valence-corrected chi connectivity index (χ3v) is 4.30. The second-order valence-corrected chi connectivity index (χ2v) is 6.27. The van der Waals surface area contributed by atoms with E-state index in [-0.39, 0.29) is 0 Å². The molecule has 5 heteroatoms. The van der Waals surface area contributed by atoms with Crippen LogP contribution in [-0.4, -0.2) is 10.2 Å². The van der Waals surface area contributed by atoms with Crippen LogP contribution in [0.5, 0.6) is 5.75 Å². The highest BCUT2D eigenvalue weighted by Gasteiger charge is 2.02. The predicted octanol–water partition coefficient (Wildman–Crippen LogP) is 4.63. The van der Waals surface area contributed by atoms with Crippen molar-refractivity contribution in [3.8, 4) is 11.8 Å². The van der Waals surface area contributed by atoms with Gasteiger partial charge in [0, 0.05) is 17.6 Å². The van der Waals surface area contributed by atoms with E-state index >= 15 is 0 Å². The van der Waals surface area contributed by atoms with E-state index in [9.17, 15) is 0 Å². The molecule has 0 saturated carbocycles. The van der Waals surface area contributed by atoms with Crippen molar-refractivity contribution in [3.63, 3.8) is 0 Å². The molecule has 0 unspecified atom stereocenters. The molecule has 0 saturated heterocycles. The van der Waals surface area contributed by atoms with Crippen LogP contribution in [0.3, 0.4) is 0 Å². The van der Waals surface area contributed by atoms with Crippen molar-refractivity contribution in [1.29, 1.82) is 5.26 Å². The van der Waals surface area contributed by atoms with E-state index in [2.05, 4.69) is 33.7 Å². The first-order valence-electron chi connectivity index (χ1n) is 8.68. The van der Waals surface area contributed by atoms with Crippen LogP contribution in [0.1, 0.15) is 16.7 Å². The largest absolute Gasteiger partial charge is 0.489 e. The summed E-state index contributed by atoms with van der Waals surface area (Å²) < 4.78 is 5.88. The first-order chi connectivity index (χ1) is 13.3. The minimum absolute atomic E-state index is 0.434. The molecule has 132 valence electrons. The topological polar surface area (TPSA) is 73.7 Å². The molecule has 0 aliphatic rings. The summed E-state index contributed by atoms with van der Waals surface area (Å²) in [6, 6.07) is 23.7. The molecule has 1 aromatic heterocycles. The fourth-order valence-electron chi connectivity index (χ4n) is 2.90. The second-order valence-electron chi connectivity index (χ2n) is 6.27. The van der Waals surface area contributed by atoms with E-state index in [1.165, 1.54) is 0 Å². The van der Waals surface area contributed by atoms with Crippen LogP contribution in [0.4, 0.5) is 5.69 Å². The Morgan fingerprint density at radius 2 is 1.89 bits per heavy atom. The van der Waals surface area contributed by atoms with Crippen molar-refractivity contribution in [3.05, 3.63) is 89.6 Å². The Labute approximate surface area is 157 Å². The third-order valence-electron chi connectivity index (χ3n) is 4.30. The third kappa shape index (κ3) is 4.07. The van der Waals surface area contributed by atoms with Gasteiger partial charge in [0.05, 0.1) is 23.3 Å². The molecule has 5 nitrogen and oxygen atoms in total. The van der Waals surface area contributed by atoms with E-state index in [0.29, 0.717) is 18.7 Å². The van der Waals surface area contributed by atoms with E-state index in [4.69, 9.17) is 10.00 Å². The zero-order valence-electron chi connectivity index (χ0n) is 14.6. The summed E-state index contributed by atoms with van der Waals surface area (Å²) in [4.78, 5) is 0. The number of fused-ring (bicyclic) bond motifs is 1. The molecule has 1 heterocycles. The SMILES string of the molecule is N#Cc1cccc(COc2cccc(CNc3ccc4[nH]ncc4c3)c2)c1. The van der Waals surface area contributed by atoms with E-state index in [0.717, 1.165) is 33.5 Å². The molecule has 27 heavy (non-hydrogen) atoms. The smallest absolute Gasteiger partial charge is 0.120 e. The van der Waals surface area contributed by atoms with Crippen molar-refractivity contribution in [2.75, 3.05) is 5.32 Å². The number of rotatable bonds is 6. The molecule has 0 spiro atoms. The highest BCUT2D eigenvalue weighted by molar-refractivity contribution is 5.81. The van der Waals surface area contributed by atoms with Crippen molar-refractivity contribution in [2.45, 2.75) is 13.2 Å². The number of hydrogen-bond donors (Lipinski definition) is 2. The van der Waals surface area contributed by atoms with Crippen molar-refractivity contribution < 1.29 is 4.74 Å². The van der Waals surface area contributed by atoms with Gasteiger partial charge in [0.15, 0.2) is 0 Å². The van der Waals surface area contributed by atoms with Crippen LogP contribution in [0.25, 0.3) is 10.9 Å². The van der Waals surface area contributed by atoms with Crippen LogP contribution in [0.15, 0.2) is 72.9 Å². The Hall–Kier alpha value is -3.78. The van der Waals surface area contributed by atoms with Crippen LogP contribution in [0, 0.1) is 11.3 Å². The zero-order valence-corrected chi connectivity index (χ0v) is 14.6. The summed E-state index contributed by atoms with van der Waals surface area (Å²) in [5.74, 6) is 0.807. The van der Waals surface area contributed by atoms with Crippen molar-refractivity contribution in [2.24, 2.45) is 0 Å². The fraction of sp³-hybridized carbons (Fsp3) is 0.0909.